The summed E-state index contributed by atoms with van der Waals surface area (Å²) in [7, 11) is 0. The van der Waals surface area contributed by atoms with Gasteiger partial charge in [-0.3, -0.25) is 4.79 Å². The second-order valence-corrected chi connectivity index (χ2v) is 4.59. The van der Waals surface area contributed by atoms with Gasteiger partial charge in [0.25, 0.3) is 5.91 Å². The minimum absolute atomic E-state index is 0.00319. The van der Waals surface area contributed by atoms with Crippen molar-refractivity contribution in [1.82, 2.24) is 5.32 Å². The van der Waals surface area contributed by atoms with Gasteiger partial charge in [0.15, 0.2) is 0 Å². The van der Waals surface area contributed by atoms with Crippen molar-refractivity contribution in [2.45, 2.75) is 32.7 Å². The maximum absolute atomic E-state index is 11.7. The summed E-state index contributed by atoms with van der Waals surface area (Å²) in [6.07, 6.45) is 2.10. The van der Waals surface area contributed by atoms with E-state index in [1.165, 1.54) is 0 Å². The van der Waals surface area contributed by atoms with Crippen molar-refractivity contribution in [2.75, 3.05) is 0 Å². The summed E-state index contributed by atoms with van der Waals surface area (Å²) in [6, 6.07) is 7.63. The lowest BCUT2D eigenvalue weighted by Crippen LogP contribution is -2.32. The first kappa shape index (κ1) is 12.2. The summed E-state index contributed by atoms with van der Waals surface area (Å²) < 4.78 is 0.987. The Hall–Kier alpha value is -0.830. The number of halogens is 1. The minimum Gasteiger partial charge on any atom is -0.350 e. The van der Waals surface area contributed by atoms with Crippen LogP contribution in [0.15, 0.2) is 28.7 Å². The van der Waals surface area contributed by atoms with Crippen molar-refractivity contribution < 1.29 is 4.79 Å². The SMILES string of the molecule is CCCC(C)NC(=O)c1ccc(Br)cc1. The van der Waals surface area contributed by atoms with E-state index >= 15 is 0 Å². The maximum atomic E-state index is 11.7. The molecule has 15 heavy (non-hydrogen) atoms. The Morgan fingerprint density at radius 1 is 1.40 bits per heavy atom. The first-order valence-corrected chi connectivity index (χ1v) is 5.99. The molecule has 0 fully saturated rings. The molecule has 0 aliphatic rings. The zero-order valence-electron chi connectivity index (χ0n) is 9.09. The molecule has 1 aromatic carbocycles. The highest BCUT2D eigenvalue weighted by Gasteiger charge is 2.08. The van der Waals surface area contributed by atoms with Gasteiger partial charge in [0.1, 0.15) is 0 Å². The number of benzene rings is 1. The van der Waals surface area contributed by atoms with Crippen LogP contribution in [-0.4, -0.2) is 11.9 Å². The van der Waals surface area contributed by atoms with Crippen LogP contribution in [0.2, 0.25) is 0 Å². The van der Waals surface area contributed by atoms with Crippen LogP contribution in [0.25, 0.3) is 0 Å². The molecule has 0 saturated carbocycles. The van der Waals surface area contributed by atoms with Crippen molar-refractivity contribution >= 4 is 21.8 Å². The van der Waals surface area contributed by atoms with Crippen LogP contribution in [0.4, 0.5) is 0 Å². The third-order valence-corrected chi connectivity index (χ3v) is 2.73. The molecule has 1 atom stereocenters. The van der Waals surface area contributed by atoms with Crippen LogP contribution in [0.1, 0.15) is 37.0 Å². The first-order valence-electron chi connectivity index (χ1n) is 5.20. The fraction of sp³-hybridized carbons (Fsp3) is 0.417. The van der Waals surface area contributed by atoms with Gasteiger partial charge in [0.2, 0.25) is 0 Å². The van der Waals surface area contributed by atoms with Gasteiger partial charge in [-0.2, -0.15) is 0 Å². The third kappa shape index (κ3) is 4.04. The molecule has 0 aliphatic heterocycles. The van der Waals surface area contributed by atoms with Crippen molar-refractivity contribution in [1.29, 1.82) is 0 Å². The fourth-order valence-corrected chi connectivity index (χ4v) is 1.68. The molecule has 2 nitrogen and oxygen atoms in total. The predicted molar refractivity (Wildman–Crippen MR) is 66.0 cm³/mol. The monoisotopic (exact) mass is 269 g/mol. The van der Waals surface area contributed by atoms with Crippen molar-refractivity contribution in [3.8, 4) is 0 Å². The number of carbonyl (C=O) groups is 1. The Balaban J connectivity index is 2.57. The summed E-state index contributed by atoms with van der Waals surface area (Å²) in [5, 5.41) is 2.96. The van der Waals surface area contributed by atoms with E-state index in [4.69, 9.17) is 0 Å². The molecule has 0 bridgehead atoms. The maximum Gasteiger partial charge on any atom is 0.251 e. The van der Waals surface area contributed by atoms with E-state index in [9.17, 15) is 4.79 Å². The summed E-state index contributed by atoms with van der Waals surface area (Å²) in [6.45, 7) is 4.14. The van der Waals surface area contributed by atoms with E-state index in [-0.39, 0.29) is 11.9 Å². The van der Waals surface area contributed by atoms with E-state index in [1.807, 2.05) is 31.2 Å². The molecule has 0 aliphatic carbocycles. The topological polar surface area (TPSA) is 29.1 Å². The fourth-order valence-electron chi connectivity index (χ4n) is 1.41. The minimum atomic E-state index is 0.00319. The lowest BCUT2D eigenvalue weighted by molar-refractivity contribution is 0.0938. The molecule has 1 amide bonds. The first-order chi connectivity index (χ1) is 7.13. The third-order valence-electron chi connectivity index (χ3n) is 2.21. The normalized spacial score (nSPS) is 12.2. The smallest absolute Gasteiger partial charge is 0.251 e. The van der Waals surface area contributed by atoms with Crippen molar-refractivity contribution in [3.63, 3.8) is 0 Å². The molecule has 0 radical (unpaired) electrons. The van der Waals surface area contributed by atoms with Gasteiger partial charge in [0.05, 0.1) is 0 Å². The van der Waals surface area contributed by atoms with Crippen molar-refractivity contribution in [3.05, 3.63) is 34.3 Å². The molecule has 82 valence electrons. The van der Waals surface area contributed by atoms with E-state index in [0.29, 0.717) is 5.56 Å². The van der Waals surface area contributed by atoms with E-state index < -0.39 is 0 Å². The number of hydrogen-bond donors (Lipinski definition) is 1. The van der Waals surface area contributed by atoms with Crippen LogP contribution in [0.3, 0.4) is 0 Å². The molecule has 1 rings (SSSR count). The molecule has 0 aromatic heterocycles. The van der Waals surface area contributed by atoms with Gasteiger partial charge in [-0.15, -0.1) is 0 Å². The Kier molecular flexibility index (Phi) is 4.82. The van der Waals surface area contributed by atoms with E-state index in [1.54, 1.807) is 0 Å². The molecule has 3 heteroatoms. The average molecular weight is 270 g/mol. The summed E-state index contributed by atoms with van der Waals surface area (Å²) in [5.74, 6) is 0.00319. The van der Waals surface area contributed by atoms with Gasteiger partial charge in [0, 0.05) is 16.1 Å². The van der Waals surface area contributed by atoms with Crippen LogP contribution < -0.4 is 5.32 Å². The Morgan fingerprint density at radius 2 is 2.00 bits per heavy atom. The number of nitrogens with one attached hydrogen (secondary N) is 1. The second kappa shape index (κ2) is 5.91. The number of carbonyl (C=O) groups excluding carboxylic acids is 1. The van der Waals surface area contributed by atoms with Gasteiger partial charge in [-0.25, -0.2) is 0 Å². The Morgan fingerprint density at radius 3 is 2.53 bits per heavy atom. The van der Waals surface area contributed by atoms with Gasteiger partial charge >= 0.3 is 0 Å². The molecule has 1 unspecified atom stereocenters. The van der Waals surface area contributed by atoms with Gasteiger partial charge in [-0.05, 0) is 37.6 Å². The second-order valence-electron chi connectivity index (χ2n) is 3.67. The van der Waals surface area contributed by atoms with Crippen LogP contribution in [-0.2, 0) is 0 Å². The largest absolute Gasteiger partial charge is 0.350 e. The molecule has 1 N–H and O–H groups in total. The quantitative estimate of drug-likeness (QED) is 0.893. The van der Waals surface area contributed by atoms with Crippen molar-refractivity contribution in [2.24, 2.45) is 0 Å². The van der Waals surface area contributed by atoms with Gasteiger partial charge < -0.3 is 5.32 Å². The number of hydrogen-bond acceptors (Lipinski definition) is 1. The molecular formula is C12H16BrNO. The molecule has 1 aromatic rings. The summed E-state index contributed by atoms with van der Waals surface area (Å²) >= 11 is 3.34. The Labute approximate surface area is 99.2 Å². The molecule has 0 saturated heterocycles. The molecular weight excluding hydrogens is 254 g/mol. The van der Waals surface area contributed by atoms with E-state index in [0.717, 1.165) is 17.3 Å². The Bertz CT molecular complexity index is 321. The van der Waals surface area contributed by atoms with Crippen LogP contribution >= 0.6 is 15.9 Å². The highest BCUT2D eigenvalue weighted by molar-refractivity contribution is 9.10. The molecule has 0 heterocycles. The van der Waals surface area contributed by atoms with Crippen LogP contribution in [0, 0.1) is 0 Å². The lowest BCUT2D eigenvalue weighted by Gasteiger charge is -2.12. The average Bonchev–Trinajstić information content (AvgIpc) is 2.18. The van der Waals surface area contributed by atoms with E-state index in [2.05, 4.69) is 28.2 Å². The highest BCUT2D eigenvalue weighted by Crippen LogP contribution is 2.10. The predicted octanol–water partition coefficient (Wildman–Crippen LogP) is 3.37. The molecule has 0 spiro atoms. The van der Waals surface area contributed by atoms with Gasteiger partial charge in [-0.1, -0.05) is 29.3 Å². The zero-order chi connectivity index (χ0) is 11.3. The number of amides is 1. The standard InChI is InChI=1S/C12H16BrNO/c1-3-4-9(2)14-12(15)10-5-7-11(13)8-6-10/h5-9H,3-4H2,1-2H3,(H,14,15). The summed E-state index contributed by atoms with van der Waals surface area (Å²) in [4.78, 5) is 11.7. The number of rotatable bonds is 4. The van der Waals surface area contributed by atoms with Crippen LogP contribution in [0.5, 0.6) is 0 Å². The summed E-state index contributed by atoms with van der Waals surface area (Å²) in [5.41, 5.74) is 0.709. The highest BCUT2D eigenvalue weighted by atomic mass is 79.9. The zero-order valence-corrected chi connectivity index (χ0v) is 10.7. The lowest BCUT2D eigenvalue weighted by atomic mass is 10.1.